The molecular formula is C28H39N7O2. The van der Waals surface area contributed by atoms with E-state index in [2.05, 4.69) is 65.9 Å². The predicted octanol–water partition coefficient (Wildman–Crippen LogP) is 3.42. The van der Waals surface area contributed by atoms with Gasteiger partial charge in [-0.3, -0.25) is 0 Å². The molecule has 0 unspecified atom stereocenters. The maximum Gasteiger partial charge on any atom is 0.145 e. The van der Waals surface area contributed by atoms with Gasteiger partial charge in [0.05, 0.1) is 28.6 Å². The van der Waals surface area contributed by atoms with Gasteiger partial charge in [-0.05, 0) is 62.0 Å². The van der Waals surface area contributed by atoms with E-state index in [-0.39, 0.29) is 17.4 Å². The lowest BCUT2D eigenvalue weighted by Gasteiger charge is -2.23. The van der Waals surface area contributed by atoms with E-state index in [1.807, 2.05) is 16.8 Å². The lowest BCUT2D eigenvalue weighted by atomic mass is 9.87. The Morgan fingerprint density at radius 2 is 1.95 bits per heavy atom. The number of nitrogens with one attached hydrogen (secondary N) is 1. The number of benzene rings is 1. The quantitative estimate of drug-likeness (QED) is 0.270. The molecule has 4 aromatic rings. The monoisotopic (exact) mass is 505 g/mol. The molecule has 37 heavy (non-hydrogen) atoms. The second kappa shape index (κ2) is 10.0. The van der Waals surface area contributed by atoms with Gasteiger partial charge in [0, 0.05) is 25.1 Å². The van der Waals surface area contributed by atoms with E-state index in [0.717, 1.165) is 54.6 Å². The Bertz CT molecular complexity index is 1370. The van der Waals surface area contributed by atoms with Gasteiger partial charge >= 0.3 is 0 Å². The van der Waals surface area contributed by atoms with Crippen molar-refractivity contribution in [2.24, 2.45) is 5.92 Å². The molecule has 0 amide bonds. The lowest BCUT2D eigenvalue weighted by Crippen LogP contribution is -2.35. The highest BCUT2D eigenvalue weighted by Crippen LogP contribution is 2.38. The van der Waals surface area contributed by atoms with Gasteiger partial charge in [-0.15, -0.1) is 0 Å². The molecule has 5 rings (SSSR count). The van der Waals surface area contributed by atoms with Crippen LogP contribution in [0.5, 0.6) is 0 Å². The number of H-pyrrole nitrogens is 1. The van der Waals surface area contributed by atoms with Crippen LogP contribution >= 0.6 is 0 Å². The lowest BCUT2D eigenvalue weighted by molar-refractivity contribution is 0.00167. The average Bonchev–Trinajstić information content (AvgIpc) is 3.53. The molecule has 4 atom stereocenters. The summed E-state index contributed by atoms with van der Waals surface area (Å²) in [5, 5.41) is 22.4. The number of aromatic nitrogens is 5. The summed E-state index contributed by atoms with van der Waals surface area (Å²) in [6.45, 7) is 8.32. The summed E-state index contributed by atoms with van der Waals surface area (Å²) in [7, 11) is 2.08. The number of aliphatic hydroxyl groups excluding tert-OH is 2. The molecule has 0 bridgehead atoms. The minimum atomic E-state index is -0.850. The molecule has 0 aliphatic heterocycles. The highest BCUT2D eigenvalue weighted by atomic mass is 16.3. The van der Waals surface area contributed by atoms with E-state index < -0.39 is 12.2 Å². The fraction of sp³-hybridized carbons (Fsp3) is 0.536. The van der Waals surface area contributed by atoms with Gasteiger partial charge in [-0.25, -0.2) is 15.0 Å². The van der Waals surface area contributed by atoms with Crippen LogP contribution in [0.2, 0.25) is 0 Å². The third kappa shape index (κ3) is 5.21. The minimum absolute atomic E-state index is 0.0194. The molecule has 0 saturated heterocycles. The number of anilines is 1. The number of aromatic amines is 1. The van der Waals surface area contributed by atoms with Crippen molar-refractivity contribution in [1.82, 2.24) is 29.4 Å². The first-order chi connectivity index (χ1) is 17.6. The topological polar surface area (TPSA) is 129 Å². The number of unbranched alkanes of at least 4 members (excludes halogenated alkanes) is 1. The summed E-state index contributed by atoms with van der Waals surface area (Å²) in [5.41, 5.74) is 10.2. The molecule has 0 radical (unpaired) electrons. The van der Waals surface area contributed by atoms with Crippen LogP contribution in [0.4, 0.5) is 5.82 Å². The Morgan fingerprint density at radius 3 is 2.73 bits per heavy atom. The number of aryl methyl sites for hydroxylation is 1. The van der Waals surface area contributed by atoms with Gasteiger partial charge in [0.1, 0.15) is 29.7 Å². The standard InChI is InChI=1S/C28H39N7O2/c1-28(2,3)18-8-9-20-21(14-18)33-23(32-20)7-5-6-11-34(4)15-17-13-22(25(37)24(17)36)35-12-10-19-26(29)30-16-31-27(19)35/h8-10,12,14,16-17,22,24-25,36-37H,5-7,11,13,15H2,1-4H3,(H,32,33)(H2,29,30,31)/t17-,22+,24+,25-/m0/s1. The van der Waals surface area contributed by atoms with E-state index in [4.69, 9.17) is 10.7 Å². The van der Waals surface area contributed by atoms with Crippen molar-refractivity contribution in [3.63, 3.8) is 0 Å². The second-order valence-corrected chi connectivity index (χ2v) is 11.6. The number of hydrogen-bond donors (Lipinski definition) is 4. The van der Waals surface area contributed by atoms with E-state index in [1.165, 1.54) is 11.9 Å². The third-order valence-electron chi connectivity index (χ3n) is 7.82. The Hall–Kier alpha value is -3.01. The van der Waals surface area contributed by atoms with Crippen molar-refractivity contribution in [2.45, 2.75) is 70.1 Å². The Balaban J connectivity index is 1.13. The molecule has 198 valence electrons. The summed E-state index contributed by atoms with van der Waals surface area (Å²) in [4.78, 5) is 18.9. The van der Waals surface area contributed by atoms with Gasteiger partial charge in [-0.1, -0.05) is 26.8 Å². The number of nitrogen functional groups attached to an aromatic ring is 1. The van der Waals surface area contributed by atoms with Crippen molar-refractivity contribution in [3.8, 4) is 0 Å². The summed E-state index contributed by atoms with van der Waals surface area (Å²) < 4.78 is 1.93. The zero-order valence-corrected chi connectivity index (χ0v) is 22.2. The summed E-state index contributed by atoms with van der Waals surface area (Å²) in [5.74, 6) is 1.43. The smallest absolute Gasteiger partial charge is 0.145 e. The Morgan fingerprint density at radius 1 is 1.14 bits per heavy atom. The molecular weight excluding hydrogens is 466 g/mol. The van der Waals surface area contributed by atoms with Gasteiger partial charge in [0.2, 0.25) is 0 Å². The maximum absolute atomic E-state index is 10.8. The fourth-order valence-corrected chi connectivity index (χ4v) is 5.63. The van der Waals surface area contributed by atoms with Crippen molar-refractivity contribution < 1.29 is 10.2 Å². The normalized spacial score (nSPS) is 22.6. The molecule has 5 N–H and O–H groups in total. The molecule has 3 aromatic heterocycles. The number of aliphatic hydroxyl groups is 2. The molecule has 1 aliphatic rings. The number of fused-ring (bicyclic) bond motifs is 2. The van der Waals surface area contributed by atoms with E-state index in [1.54, 1.807) is 0 Å². The molecule has 9 nitrogen and oxygen atoms in total. The number of imidazole rings is 1. The largest absolute Gasteiger partial charge is 0.390 e. The van der Waals surface area contributed by atoms with Gasteiger partial charge in [0.25, 0.3) is 0 Å². The summed E-state index contributed by atoms with van der Waals surface area (Å²) in [6.07, 6.45) is 5.34. The van der Waals surface area contributed by atoms with Crippen LogP contribution in [-0.2, 0) is 11.8 Å². The highest BCUT2D eigenvalue weighted by Gasteiger charge is 2.43. The molecule has 0 spiro atoms. The number of rotatable bonds is 8. The van der Waals surface area contributed by atoms with Crippen LogP contribution in [0, 0.1) is 5.92 Å². The van der Waals surface area contributed by atoms with E-state index >= 15 is 0 Å². The molecule has 1 fully saturated rings. The Kier molecular flexibility index (Phi) is 6.95. The fourth-order valence-electron chi connectivity index (χ4n) is 5.63. The van der Waals surface area contributed by atoms with Crippen molar-refractivity contribution in [1.29, 1.82) is 0 Å². The maximum atomic E-state index is 10.8. The number of hydrogen-bond acceptors (Lipinski definition) is 7. The van der Waals surface area contributed by atoms with Crippen LogP contribution < -0.4 is 5.73 Å². The molecule has 3 heterocycles. The summed E-state index contributed by atoms with van der Waals surface area (Å²) in [6, 6.07) is 8.12. The van der Waals surface area contributed by atoms with E-state index in [9.17, 15) is 10.2 Å². The number of nitrogens with two attached hydrogens (primary N) is 1. The van der Waals surface area contributed by atoms with Gasteiger partial charge < -0.3 is 30.4 Å². The minimum Gasteiger partial charge on any atom is -0.390 e. The first-order valence-corrected chi connectivity index (χ1v) is 13.2. The predicted molar refractivity (Wildman–Crippen MR) is 146 cm³/mol. The van der Waals surface area contributed by atoms with Crippen molar-refractivity contribution in [2.75, 3.05) is 25.9 Å². The molecule has 1 aliphatic carbocycles. The zero-order valence-electron chi connectivity index (χ0n) is 22.2. The SMILES string of the molecule is CN(CCCCc1nc2ccc(C(C)(C)C)cc2[nH]1)C[C@@H]1C[C@@H](n2ccc3c(N)ncnc32)[C@H](O)[C@@H]1O. The first kappa shape index (κ1) is 25.6. The third-order valence-corrected chi connectivity index (χ3v) is 7.82. The van der Waals surface area contributed by atoms with Crippen LogP contribution in [0.1, 0.15) is 57.5 Å². The van der Waals surface area contributed by atoms with Crippen LogP contribution in [0.3, 0.4) is 0 Å². The highest BCUT2D eigenvalue weighted by molar-refractivity contribution is 5.86. The number of nitrogens with zero attached hydrogens (tertiary/aromatic N) is 5. The molecule has 1 saturated carbocycles. The van der Waals surface area contributed by atoms with Gasteiger partial charge in [0.15, 0.2) is 0 Å². The zero-order chi connectivity index (χ0) is 26.3. The van der Waals surface area contributed by atoms with Crippen LogP contribution in [-0.4, -0.2) is 72.0 Å². The Labute approximate surface area is 217 Å². The van der Waals surface area contributed by atoms with Crippen LogP contribution in [0.15, 0.2) is 36.8 Å². The molecule has 1 aromatic carbocycles. The first-order valence-electron chi connectivity index (χ1n) is 13.2. The van der Waals surface area contributed by atoms with Crippen molar-refractivity contribution >= 4 is 27.9 Å². The van der Waals surface area contributed by atoms with Gasteiger partial charge in [-0.2, -0.15) is 0 Å². The summed E-state index contributed by atoms with van der Waals surface area (Å²) >= 11 is 0. The van der Waals surface area contributed by atoms with Crippen LogP contribution in [0.25, 0.3) is 22.1 Å². The molecule has 9 heteroatoms. The van der Waals surface area contributed by atoms with Crippen molar-refractivity contribution in [3.05, 3.63) is 48.2 Å². The average molecular weight is 506 g/mol. The second-order valence-electron chi connectivity index (χ2n) is 11.6. The van der Waals surface area contributed by atoms with E-state index in [0.29, 0.717) is 17.9 Å².